The van der Waals surface area contributed by atoms with Crippen LogP contribution in [0, 0.1) is 5.82 Å². The van der Waals surface area contributed by atoms with Crippen molar-refractivity contribution in [3.63, 3.8) is 0 Å². The van der Waals surface area contributed by atoms with E-state index < -0.39 is 5.82 Å². The molecule has 7 nitrogen and oxygen atoms in total. The van der Waals surface area contributed by atoms with Gasteiger partial charge in [-0.2, -0.15) is 5.10 Å². The number of H-pyrrole nitrogens is 1. The van der Waals surface area contributed by atoms with Crippen molar-refractivity contribution in [2.24, 2.45) is 5.10 Å². The van der Waals surface area contributed by atoms with Crippen LogP contribution in [0.5, 0.6) is 5.75 Å². The van der Waals surface area contributed by atoms with Gasteiger partial charge in [0.2, 0.25) is 0 Å². The van der Waals surface area contributed by atoms with Crippen LogP contribution in [0.4, 0.5) is 4.39 Å². The molecule has 4 aromatic rings. The molecule has 0 aliphatic rings. The lowest BCUT2D eigenvalue weighted by Gasteiger charge is -2.05. The van der Waals surface area contributed by atoms with Gasteiger partial charge in [0.05, 0.1) is 34.6 Å². The summed E-state index contributed by atoms with van der Waals surface area (Å²) >= 11 is 1.29. The number of carbonyl (C=O) groups excluding carboxylic acids is 1. The molecule has 0 atom stereocenters. The molecule has 0 unspecified atom stereocenters. The predicted molar refractivity (Wildman–Crippen MR) is 122 cm³/mol. The number of methoxy groups -OCH3 is 1. The number of amides is 1. The Labute approximate surface area is 186 Å². The van der Waals surface area contributed by atoms with E-state index >= 15 is 0 Å². The zero-order valence-electron chi connectivity index (χ0n) is 17.3. The van der Waals surface area contributed by atoms with Crippen molar-refractivity contribution in [3.8, 4) is 22.7 Å². The maximum atomic E-state index is 13.4. The first kappa shape index (κ1) is 21.3. The molecule has 32 heavy (non-hydrogen) atoms. The molecule has 2 N–H and O–H groups in total. The van der Waals surface area contributed by atoms with Gasteiger partial charge in [-0.1, -0.05) is 6.07 Å². The number of hydrogen-bond acceptors (Lipinski definition) is 5. The highest BCUT2D eigenvalue weighted by atomic mass is 32.1. The Hall–Kier alpha value is -3.98. The summed E-state index contributed by atoms with van der Waals surface area (Å²) in [4.78, 5) is 26.1. The van der Waals surface area contributed by atoms with E-state index in [9.17, 15) is 14.0 Å². The highest BCUT2D eigenvalue weighted by molar-refractivity contribution is 7.12. The molecule has 0 aliphatic carbocycles. The quantitative estimate of drug-likeness (QED) is 0.341. The second-order valence-electron chi connectivity index (χ2n) is 6.82. The molecule has 0 radical (unpaired) electrons. The number of rotatable bonds is 6. The van der Waals surface area contributed by atoms with Crippen molar-refractivity contribution in [1.29, 1.82) is 0 Å². The number of aromatic amines is 1. The Bertz CT molecular complexity index is 1320. The molecular weight excluding hydrogens is 431 g/mol. The van der Waals surface area contributed by atoms with Gasteiger partial charge in [-0.3, -0.25) is 14.7 Å². The van der Waals surface area contributed by atoms with Crippen molar-refractivity contribution in [2.45, 2.75) is 6.92 Å². The Morgan fingerprint density at radius 1 is 1.12 bits per heavy atom. The minimum Gasteiger partial charge on any atom is -0.497 e. The van der Waals surface area contributed by atoms with E-state index in [1.54, 1.807) is 55.8 Å². The van der Waals surface area contributed by atoms with E-state index in [0.29, 0.717) is 27.7 Å². The average molecular weight is 450 g/mol. The normalized spacial score (nSPS) is 11.4. The average Bonchev–Trinajstić information content (AvgIpc) is 3.46. The van der Waals surface area contributed by atoms with E-state index in [4.69, 9.17) is 4.74 Å². The van der Waals surface area contributed by atoms with E-state index in [1.807, 2.05) is 0 Å². The van der Waals surface area contributed by atoms with Gasteiger partial charge < -0.3 is 4.74 Å². The van der Waals surface area contributed by atoms with Crippen molar-refractivity contribution >= 4 is 23.0 Å². The Kier molecular flexibility index (Phi) is 6.00. The third-order valence-corrected chi connectivity index (χ3v) is 5.65. The van der Waals surface area contributed by atoms with Crippen LogP contribution in [-0.4, -0.2) is 28.5 Å². The van der Waals surface area contributed by atoms with Gasteiger partial charge in [-0.25, -0.2) is 14.5 Å². The highest BCUT2D eigenvalue weighted by Gasteiger charge is 2.20. The second-order valence-corrected chi connectivity index (χ2v) is 7.77. The summed E-state index contributed by atoms with van der Waals surface area (Å²) in [5.74, 6) is -0.0954. The topological polar surface area (TPSA) is 88.5 Å². The number of hydrogen-bond donors (Lipinski definition) is 2. The van der Waals surface area contributed by atoms with Crippen LogP contribution in [0.2, 0.25) is 0 Å². The Balaban J connectivity index is 1.79. The summed E-state index contributed by atoms with van der Waals surface area (Å²) in [6, 6.07) is 16.2. The molecular formula is C23H19FN4O3S. The number of benzene rings is 2. The number of nitrogens with zero attached hydrogens (tertiary/aromatic N) is 2. The van der Waals surface area contributed by atoms with Gasteiger partial charge in [0, 0.05) is 5.56 Å². The third-order valence-electron chi connectivity index (χ3n) is 4.79. The minimum atomic E-state index is -0.405. The highest BCUT2D eigenvalue weighted by Crippen LogP contribution is 2.24. The van der Waals surface area contributed by atoms with Crippen LogP contribution in [-0.2, 0) is 0 Å². The van der Waals surface area contributed by atoms with Gasteiger partial charge in [-0.15, -0.1) is 11.3 Å². The molecule has 162 valence electrons. The van der Waals surface area contributed by atoms with Crippen LogP contribution in [0.3, 0.4) is 0 Å². The zero-order valence-corrected chi connectivity index (χ0v) is 18.1. The molecule has 2 aromatic heterocycles. The number of ether oxygens (including phenoxy) is 1. The molecule has 0 saturated heterocycles. The van der Waals surface area contributed by atoms with Crippen molar-refractivity contribution < 1.29 is 13.9 Å². The first-order valence-electron chi connectivity index (χ1n) is 9.62. The van der Waals surface area contributed by atoms with Crippen LogP contribution in [0.1, 0.15) is 22.2 Å². The summed E-state index contributed by atoms with van der Waals surface area (Å²) in [7, 11) is 1.57. The summed E-state index contributed by atoms with van der Waals surface area (Å²) in [6.45, 7) is 1.64. The first-order valence-corrected chi connectivity index (χ1v) is 10.5. The summed E-state index contributed by atoms with van der Waals surface area (Å²) in [5, 5.41) is 9.04. The van der Waals surface area contributed by atoms with Gasteiger partial charge in [0.25, 0.3) is 11.5 Å². The predicted octanol–water partition coefficient (Wildman–Crippen LogP) is 4.20. The maximum absolute atomic E-state index is 13.4. The fraction of sp³-hybridized carbons (Fsp3) is 0.0870. The van der Waals surface area contributed by atoms with Crippen LogP contribution in [0.15, 0.2) is 75.9 Å². The molecule has 2 heterocycles. The van der Waals surface area contributed by atoms with Gasteiger partial charge in [-0.05, 0) is 66.9 Å². The molecule has 0 spiro atoms. The van der Waals surface area contributed by atoms with E-state index in [2.05, 4.69) is 15.6 Å². The molecule has 4 rings (SSSR count). The van der Waals surface area contributed by atoms with E-state index in [-0.39, 0.29) is 17.0 Å². The number of hydrazone groups is 1. The molecule has 0 saturated carbocycles. The molecule has 0 fully saturated rings. The van der Waals surface area contributed by atoms with Crippen LogP contribution < -0.4 is 15.7 Å². The minimum absolute atomic E-state index is 0.283. The summed E-state index contributed by atoms with van der Waals surface area (Å²) in [5.41, 5.74) is 4.41. The lowest BCUT2D eigenvalue weighted by Crippen LogP contribution is -2.23. The van der Waals surface area contributed by atoms with Gasteiger partial charge >= 0.3 is 0 Å². The number of thiophene rings is 1. The van der Waals surface area contributed by atoms with Gasteiger partial charge in [0.1, 0.15) is 11.6 Å². The smallest absolute Gasteiger partial charge is 0.281 e. The fourth-order valence-corrected chi connectivity index (χ4v) is 3.78. The fourth-order valence-electron chi connectivity index (χ4n) is 3.16. The lowest BCUT2D eigenvalue weighted by atomic mass is 10.1. The number of aromatic nitrogens is 2. The number of nitrogens with one attached hydrogen (secondary N) is 2. The molecule has 1 amide bonds. The Morgan fingerprint density at radius 3 is 2.47 bits per heavy atom. The van der Waals surface area contributed by atoms with Crippen molar-refractivity contribution in [2.75, 3.05) is 7.11 Å². The molecule has 2 aromatic carbocycles. The van der Waals surface area contributed by atoms with Crippen LogP contribution in [0.25, 0.3) is 16.9 Å². The standard InChI is InChI=1S/C23H19FN4O3S/c1-14(25-26-22(29)19-4-3-13-32-19)20-21(15-5-11-18(31-2)12-6-15)27-28(23(20)30)17-9-7-16(24)8-10-17/h3-13,27H,1-2H3,(H,26,29). The largest absolute Gasteiger partial charge is 0.497 e. The molecule has 0 aliphatic heterocycles. The second kappa shape index (κ2) is 9.03. The van der Waals surface area contributed by atoms with Gasteiger partial charge in [0.15, 0.2) is 0 Å². The van der Waals surface area contributed by atoms with Crippen molar-refractivity contribution in [1.82, 2.24) is 15.2 Å². The first-order chi connectivity index (χ1) is 15.5. The molecule has 9 heteroatoms. The number of carbonyl (C=O) groups is 1. The van der Waals surface area contributed by atoms with Crippen LogP contribution >= 0.6 is 11.3 Å². The van der Waals surface area contributed by atoms with E-state index in [0.717, 1.165) is 5.56 Å². The molecule has 0 bridgehead atoms. The monoisotopic (exact) mass is 450 g/mol. The Morgan fingerprint density at radius 2 is 1.84 bits per heavy atom. The summed E-state index contributed by atoms with van der Waals surface area (Å²) in [6.07, 6.45) is 0. The maximum Gasteiger partial charge on any atom is 0.281 e. The zero-order chi connectivity index (χ0) is 22.7. The third kappa shape index (κ3) is 4.23. The van der Waals surface area contributed by atoms with Crippen molar-refractivity contribution in [3.05, 3.63) is 92.7 Å². The SMILES string of the molecule is COc1ccc(-c2[nH]n(-c3ccc(F)cc3)c(=O)c2C(C)=NNC(=O)c2cccs2)cc1. The van der Waals surface area contributed by atoms with E-state index in [1.165, 1.54) is 40.3 Å². The summed E-state index contributed by atoms with van der Waals surface area (Å²) < 4.78 is 19.9. The lowest BCUT2D eigenvalue weighted by molar-refractivity contribution is 0.0959. The number of halogens is 1.